The molecule has 0 aliphatic carbocycles. The molecular formula is C11H15ClN2O2. The molecule has 0 aliphatic heterocycles. The number of carboxylic acids is 1. The SMILES string of the molecule is CC(C)(C)CNc1nc(Cl)ccc1C(=O)O. The third-order valence-electron chi connectivity index (χ3n) is 1.88. The number of halogens is 1. The van der Waals surface area contributed by atoms with E-state index in [4.69, 9.17) is 16.7 Å². The van der Waals surface area contributed by atoms with E-state index in [9.17, 15) is 4.79 Å². The van der Waals surface area contributed by atoms with Crippen molar-refractivity contribution < 1.29 is 9.90 Å². The Balaban J connectivity index is 2.93. The number of pyridine rings is 1. The van der Waals surface area contributed by atoms with Gasteiger partial charge in [0.05, 0.1) is 0 Å². The summed E-state index contributed by atoms with van der Waals surface area (Å²) in [7, 11) is 0. The molecule has 1 heterocycles. The second-order valence-electron chi connectivity index (χ2n) is 4.75. The van der Waals surface area contributed by atoms with E-state index in [1.165, 1.54) is 12.1 Å². The van der Waals surface area contributed by atoms with E-state index in [1.54, 1.807) is 0 Å². The number of nitrogens with one attached hydrogen (secondary N) is 1. The molecule has 4 nitrogen and oxygen atoms in total. The number of carbonyl (C=O) groups is 1. The summed E-state index contributed by atoms with van der Waals surface area (Å²) in [6, 6.07) is 2.91. The minimum atomic E-state index is -1.01. The standard InChI is InChI=1S/C11H15ClN2O2/c1-11(2,3)6-13-9-7(10(15)16)4-5-8(12)14-9/h4-5H,6H2,1-3H3,(H,13,14)(H,15,16). The van der Waals surface area contributed by atoms with E-state index < -0.39 is 5.97 Å². The Morgan fingerprint density at radius 1 is 1.50 bits per heavy atom. The van der Waals surface area contributed by atoms with Gasteiger partial charge in [-0.05, 0) is 17.5 Å². The molecule has 0 amide bonds. The topological polar surface area (TPSA) is 62.2 Å². The van der Waals surface area contributed by atoms with Crippen molar-refractivity contribution in [2.24, 2.45) is 5.41 Å². The number of hydrogen-bond donors (Lipinski definition) is 2. The lowest BCUT2D eigenvalue weighted by Crippen LogP contribution is -2.21. The summed E-state index contributed by atoms with van der Waals surface area (Å²) < 4.78 is 0. The third kappa shape index (κ3) is 3.70. The van der Waals surface area contributed by atoms with Crippen LogP contribution in [0.1, 0.15) is 31.1 Å². The summed E-state index contributed by atoms with van der Waals surface area (Å²) >= 11 is 5.73. The number of rotatable bonds is 3. The predicted molar refractivity (Wildman–Crippen MR) is 64.2 cm³/mol. The Morgan fingerprint density at radius 3 is 2.62 bits per heavy atom. The molecular weight excluding hydrogens is 228 g/mol. The van der Waals surface area contributed by atoms with Gasteiger partial charge in [-0.25, -0.2) is 9.78 Å². The van der Waals surface area contributed by atoms with E-state index in [2.05, 4.69) is 10.3 Å². The maximum absolute atomic E-state index is 10.9. The fraction of sp³-hybridized carbons (Fsp3) is 0.455. The molecule has 2 N–H and O–H groups in total. The molecule has 88 valence electrons. The lowest BCUT2D eigenvalue weighted by Gasteiger charge is -2.19. The van der Waals surface area contributed by atoms with Crippen molar-refractivity contribution in [1.29, 1.82) is 0 Å². The fourth-order valence-electron chi connectivity index (χ4n) is 1.09. The minimum absolute atomic E-state index is 0.0414. The van der Waals surface area contributed by atoms with Crippen molar-refractivity contribution in [2.45, 2.75) is 20.8 Å². The van der Waals surface area contributed by atoms with Crippen LogP contribution >= 0.6 is 11.6 Å². The Kier molecular flexibility index (Phi) is 3.75. The average Bonchev–Trinajstić information content (AvgIpc) is 2.13. The van der Waals surface area contributed by atoms with Crippen LogP contribution in [0, 0.1) is 5.41 Å². The average molecular weight is 243 g/mol. The number of aromatic nitrogens is 1. The largest absolute Gasteiger partial charge is 0.478 e. The van der Waals surface area contributed by atoms with Gasteiger partial charge in [-0.1, -0.05) is 32.4 Å². The minimum Gasteiger partial charge on any atom is -0.478 e. The Hall–Kier alpha value is -1.29. The zero-order chi connectivity index (χ0) is 12.3. The van der Waals surface area contributed by atoms with Crippen LogP contribution in [0.5, 0.6) is 0 Å². The van der Waals surface area contributed by atoms with Crippen LogP contribution in [-0.4, -0.2) is 22.6 Å². The molecule has 0 saturated carbocycles. The second-order valence-corrected chi connectivity index (χ2v) is 5.14. The Morgan fingerprint density at radius 2 is 2.12 bits per heavy atom. The molecule has 5 heteroatoms. The summed E-state index contributed by atoms with van der Waals surface area (Å²) in [4.78, 5) is 14.9. The van der Waals surface area contributed by atoms with Gasteiger partial charge in [0.1, 0.15) is 16.5 Å². The molecule has 0 spiro atoms. The number of aromatic carboxylic acids is 1. The lowest BCUT2D eigenvalue weighted by molar-refractivity contribution is 0.0697. The van der Waals surface area contributed by atoms with Gasteiger partial charge in [-0.3, -0.25) is 0 Å². The number of nitrogens with zero attached hydrogens (tertiary/aromatic N) is 1. The normalized spacial score (nSPS) is 11.2. The Bertz CT molecular complexity index is 399. The first kappa shape index (κ1) is 12.8. The Labute approximate surface area is 99.6 Å². The number of carboxylic acid groups (broad SMARTS) is 1. The molecule has 0 unspecified atom stereocenters. The van der Waals surface area contributed by atoms with E-state index >= 15 is 0 Å². The first-order chi connectivity index (χ1) is 7.29. The fourth-order valence-corrected chi connectivity index (χ4v) is 1.24. The molecule has 1 aromatic rings. The van der Waals surface area contributed by atoms with E-state index in [0.29, 0.717) is 12.4 Å². The molecule has 0 bridgehead atoms. The molecule has 0 saturated heterocycles. The van der Waals surface area contributed by atoms with Crippen LogP contribution < -0.4 is 5.32 Å². The van der Waals surface area contributed by atoms with Crippen molar-refractivity contribution in [1.82, 2.24) is 4.98 Å². The molecule has 0 aromatic carbocycles. The quantitative estimate of drug-likeness (QED) is 0.800. The van der Waals surface area contributed by atoms with Crippen LogP contribution in [-0.2, 0) is 0 Å². The zero-order valence-corrected chi connectivity index (χ0v) is 10.3. The maximum Gasteiger partial charge on any atom is 0.339 e. The van der Waals surface area contributed by atoms with Crippen molar-refractivity contribution in [3.05, 3.63) is 22.8 Å². The van der Waals surface area contributed by atoms with Gasteiger partial charge in [0.15, 0.2) is 0 Å². The van der Waals surface area contributed by atoms with Crippen molar-refractivity contribution in [2.75, 3.05) is 11.9 Å². The number of anilines is 1. The number of hydrogen-bond acceptors (Lipinski definition) is 3. The highest BCUT2D eigenvalue weighted by atomic mass is 35.5. The summed E-state index contributed by atoms with van der Waals surface area (Å²) in [6.45, 7) is 6.77. The molecule has 1 aromatic heterocycles. The van der Waals surface area contributed by atoms with Crippen LogP contribution in [0.4, 0.5) is 5.82 Å². The van der Waals surface area contributed by atoms with Gasteiger partial charge in [0.2, 0.25) is 0 Å². The van der Waals surface area contributed by atoms with Crippen molar-refractivity contribution in [3.63, 3.8) is 0 Å². The third-order valence-corrected chi connectivity index (χ3v) is 2.09. The maximum atomic E-state index is 10.9. The van der Waals surface area contributed by atoms with Gasteiger partial charge >= 0.3 is 5.97 Å². The van der Waals surface area contributed by atoms with Crippen LogP contribution in [0.15, 0.2) is 12.1 Å². The van der Waals surface area contributed by atoms with Crippen molar-refractivity contribution >= 4 is 23.4 Å². The highest BCUT2D eigenvalue weighted by molar-refractivity contribution is 6.29. The van der Waals surface area contributed by atoms with Gasteiger partial charge in [0.25, 0.3) is 0 Å². The van der Waals surface area contributed by atoms with Crippen molar-refractivity contribution in [3.8, 4) is 0 Å². The van der Waals surface area contributed by atoms with Gasteiger partial charge in [0, 0.05) is 6.54 Å². The molecule has 16 heavy (non-hydrogen) atoms. The highest BCUT2D eigenvalue weighted by Crippen LogP contribution is 2.19. The second kappa shape index (κ2) is 4.70. The van der Waals surface area contributed by atoms with E-state index in [-0.39, 0.29) is 16.1 Å². The summed E-state index contributed by atoms with van der Waals surface area (Å²) in [6.07, 6.45) is 0. The predicted octanol–water partition coefficient (Wildman–Crippen LogP) is 2.89. The lowest BCUT2D eigenvalue weighted by atomic mass is 9.97. The van der Waals surface area contributed by atoms with Crippen LogP contribution in [0.25, 0.3) is 0 Å². The molecule has 0 atom stereocenters. The summed E-state index contributed by atoms with van der Waals surface area (Å²) in [5.74, 6) is -0.699. The first-order valence-corrected chi connectivity index (χ1v) is 5.31. The smallest absolute Gasteiger partial charge is 0.339 e. The van der Waals surface area contributed by atoms with Gasteiger partial charge < -0.3 is 10.4 Å². The molecule has 0 fully saturated rings. The zero-order valence-electron chi connectivity index (χ0n) is 9.54. The highest BCUT2D eigenvalue weighted by Gasteiger charge is 2.15. The molecule has 0 radical (unpaired) electrons. The monoisotopic (exact) mass is 242 g/mol. The van der Waals surface area contributed by atoms with Crippen LogP contribution in [0.2, 0.25) is 5.15 Å². The van der Waals surface area contributed by atoms with Gasteiger partial charge in [-0.2, -0.15) is 0 Å². The summed E-state index contributed by atoms with van der Waals surface area (Å²) in [5, 5.41) is 12.2. The van der Waals surface area contributed by atoms with E-state index in [0.717, 1.165) is 0 Å². The van der Waals surface area contributed by atoms with Crippen LogP contribution in [0.3, 0.4) is 0 Å². The summed E-state index contributed by atoms with van der Waals surface area (Å²) in [5.41, 5.74) is 0.174. The molecule has 1 rings (SSSR count). The van der Waals surface area contributed by atoms with E-state index in [1.807, 2.05) is 20.8 Å². The van der Waals surface area contributed by atoms with Gasteiger partial charge in [-0.15, -0.1) is 0 Å². The first-order valence-electron chi connectivity index (χ1n) is 4.93. The molecule has 0 aliphatic rings.